The Morgan fingerprint density at radius 3 is 2.76 bits per heavy atom. The maximum absolute atomic E-state index is 13.4. The zero-order chi connectivity index (χ0) is 15.0. The summed E-state index contributed by atoms with van der Waals surface area (Å²) in [7, 11) is 1.88. The summed E-state index contributed by atoms with van der Waals surface area (Å²) >= 11 is 5.74. The minimum Gasteiger partial charge on any atom is -0.371 e. The van der Waals surface area contributed by atoms with E-state index in [4.69, 9.17) is 11.6 Å². The molecule has 3 rings (SSSR count). The van der Waals surface area contributed by atoms with Crippen LogP contribution in [0.15, 0.2) is 36.5 Å². The molecule has 0 fully saturated rings. The highest BCUT2D eigenvalue weighted by Gasteiger charge is 2.26. The van der Waals surface area contributed by atoms with Crippen molar-refractivity contribution in [2.75, 3.05) is 29.9 Å². The average molecular weight is 306 g/mol. The van der Waals surface area contributed by atoms with Crippen LogP contribution in [-0.2, 0) is 0 Å². The molecule has 0 spiro atoms. The van der Waals surface area contributed by atoms with Crippen LogP contribution >= 0.6 is 11.6 Å². The Morgan fingerprint density at radius 1 is 1.24 bits per heavy atom. The number of likely N-dealkylation sites (N-methyl/N-ethyl adjacent to an activating group) is 1. The van der Waals surface area contributed by atoms with Crippen molar-refractivity contribution < 1.29 is 9.18 Å². The fraction of sp³-hybridized carbons (Fsp3) is 0.200. The van der Waals surface area contributed by atoms with E-state index in [0.29, 0.717) is 35.2 Å². The number of halogens is 2. The molecule has 0 bridgehead atoms. The summed E-state index contributed by atoms with van der Waals surface area (Å²) in [4.78, 5) is 20.1. The first-order valence-electron chi connectivity index (χ1n) is 6.50. The van der Waals surface area contributed by atoms with E-state index in [1.807, 2.05) is 11.9 Å². The van der Waals surface area contributed by atoms with Gasteiger partial charge < -0.3 is 9.80 Å². The fourth-order valence-electron chi connectivity index (χ4n) is 2.39. The third-order valence-corrected chi connectivity index (χ3v) is 3.74. The van der Waals surface area contributed by atoms with Crippen molar-refractivity contribution in [3.63, 3.8) is 0 Å². The highest BCUT2D eigenvalue weighted by molar-refractivity contribution is 6.29. The first kappa shape index (κ1) is 13.8. The number of fused-ring (bicyclic) bond motifs is 1. The van der Waals surface area contributed by atoms with E-state index < -0.39 is 0 Å². The van der Waals surface area contributed by atoms with Crippen LogP contribution in [0.2, 0.25) is 5.15 Å². The lowest BCUT2D eigenvalue weighted by molar-refractivity contribution is 0.0986. The number of pyridine rings is 1. The van der Waals surface area contributed by atoms with Crippen molar-refractivity contribution in [1.29, 1.82) is 0 Å². The Bertz CT molecular complexity index is 690. The van der Waals surface area contributed by atoms with Gasteiger partial charge in [0.2, 0.25) is 0 Å². The van der Waals surface area contributed by atoms with Gasteiger partial charge in [-0.05, 0) is 30.3 Å². The first-order valence-corrected chi connectivity index (χ1v) is 6.88. The molecule has 0 unspecified atom stereocenters. The standard InChI is InChI=1S/C15H13ClFN3O/c1-19-6-7-20(12-4-3-11(17)8-13(12)19)15(21)10-2-5-14(16)18-9-10/h2-5,8-9H,6-7H2,1H3. The second kappa shape index (κ2) is 5.33. The van der Waals surface area contributed by atoms with Crippen LogP contribution in [0.25, 0.3) is 0 Å². The lowest BCUT2D eigenvalue weighted by atomic mass is 10.1. The summed E-state index contributed by atoms with van der Waals surface area (Å²) < 4.78 is 13.4. The summed E-state index contributed by atoms with van der Waals surface area (Å²) in [5.74, 6) is -0.483. The number of nitrogens with zero attached hydrogens (tertiary/aromatic N) is 3. The molecule has 0 N–H and O–H groups in total. The van der Waals surface area contributed by atoms with Gasteiger partial charge in [0.15, 0.2) is 0 Å². The van der Waals surface area contributed by atoms with Gasteiger partial charge in [0.25, 0.3) is 5.91 Å². The number of benzene rings is 1. The Labute approximate surface area is 126 Å². The molecule has 0 atom stereocenters. The summed E-state index contributed by atoms with van der Waals surface area (Å²) in [6.45, 7) is 1.18. The van der Waals surface area contributed by atoms with Crippen LogP contribution in [0, 0.1) is 5.82 Å². The SMILES string of the molecule is CN1CCN(C(=O)c2ccc(Cl)nc2)c2ccc(F)cc21. The van der Waals surface area contributed by atoms with Crippen LogP contribution in [0.5, 0.6) is 0 Å². The molecule has 1 aliphatic heterocycles. The second-order valence-corrected chi connectivity index (χ2v) is 5.27. The summed E-state index contributed by atoms with van der Waals surface area (Å²) in [5, 5.41) is 0.340. The molecule has 1 amide bonds. The number of carbonyl (C=O) groups excluding carboxylic acids is 1. The molecule has 108 valence electrons. The zero-order valence-electron chi connectivity index (χ0n) is 11.4. The van der Waals surface area contributed by atoms with E-state index in [9.17, 15) is 9.18 Å². The molecule has 2 heterocycles. The topological polar surface area (TPSA) is 36.4 Å². The van der Waals surface area contributed by atoms with Crippen LogP contribution in [0.4, 0.5) is 15.8 Å². The Balaban J connectivity index is 1.99. The van der Waals surface area contributed by atoms with Crippen LogP contribution in [0.1, 0.15) is 10.4 Å². The molecule has 6 heteroatoms. The maximum atomic E-state index is 13.4. The van der Waals surface area contributed by atoms with Crippen molar-refractivity contribution in [2.24, 2.45) is 0 Å². The van der Waals surface area contributed by atoms with Gasteiger partial charge in [0, 0.05) is 26.3 Å². The number of anilines is 2. The molecule has 1 aliphatic rings. The smallest absolute Gasteiger partial charge is 0.259 e. The molecular formula is C15H13ClFN3O. The van der Waals surface area contributed by atoms with E-state index in [-0.39, 0.29) is 11.7 Å². The molecule has 1 aromatic carbocycles. The van der Waals surface area contributed by atoms with E-state index in [1.165, 1.54) is 18.3 Å². The van der Waals surface area contributed by atoms with Crippen molar-refractivity contribution in [2.45, 2.75) is 0 Å². The minimum absolute atomic E-state index is 0.167. The van der Waals surface area contributed by atoms with Gasteiger partial charge in [-0.25, -0.2) is 9.37 Å². The van der Waals surface area contributed by atoms with E-state index in [2.05, 4.69) is 4.98 Å². The minimum atomic E-state index is -0.317. The number of hydrogen-bond donors (Lipinski definition) is 0. The zero-order valence-corrected chi connectivity index (χ0v) is 12.1. The molecule has 0 radical (unpaired) electrons. The average Bonchev–Trinajstić information content (AvgIpc) is 2.48. The van der Waals surface area contributed by atoms with Crippen molar-refractivity contribution in [3.8, 4) is 0 Å². The molecule has 0 aliphatic carbocycles. The van der Waals surface area contributed by atoms with E-state index >= 15 is 0 Å². The predicted octanol–water partition coefficient (Wildman–Crippen LogP) is 2.97. The molecule has 2 aromatic rings. The lowest BCUT2D eigenvalue weighted by Crippen LogP contribution is -2.42. The highest BCUT2D eigenvalue weighted by Crippen LogP contribution is 2.33. The molecule has 21 heavy (non-hydrogen) atoms. The number of aromatic nitrogens is 1. The van der Waals surface area contributed by atoms with Gasteiger partial charge in [-0.2, -0.15) is 0 Å². The van der Waals surface area contributed by atoms with Gasteiger partial charge in [0.05, 0.1) is 16.9 Å². The number of carbonyl (C=O) groups is 1. The maximum Gasteiger partial charge on any atom is 0.259 e. The molecule has 0 saturated heterocycles. The molecule has 4 nitrogen and oxygen atoms in total. The third-order valence-electron chi connectivity index (χ3n) is 3.52. The van der Waals surface area contributed by atoms with E-state index in [0.717, 1.165) is 0 Å². The highest BCUT2D eigenvalue weighted by atomic mass is 35.5. The van der Waals surface area contributed by atoms with Crippen molar-refractivity contribution in [1.82, 2.24) is 4.98 Å². The molecule has 1 aromatic heterocycles. The van der Waals surface area contributed by atoms with Crippen LogP contribution in [-0.4, -0.2) is 31.0 Å². The largest absolute Gasteiger partial charge is 0.371 e. The first-order chi connectivity index (χ1) is 10.1. The Hall–Kier alpha value is -2.14. The monoisotopic (exact) mass is 305 g/mol. The lowest BCUT2D eigenvalue weighted by Gasteiger charge is -2.35. The summed E-state index contributed by atoms with van der Waals surface area (Å²) in [6, 6.07) is 7.64. The Kier molecular flexibility index (Phi) is 3.51. The quantitative estimate of drug-likeness (QED) is 0.760. The van der Waals surface area contributed by atoms with Gasteiger partial charge in [-0.1, -0.05) is 11.6 Å². The summed E-state index contributed by atoms with van der Waals surface area (Å²) in [5.41, 5.74) is 1.86. The number of amides is 1. The molecular weight excluding hydrogens is 293 g/mol. The molecule has 0 saturated carbocycles. The predicted molar refractivity (Wildman–Crippen MR) is 80.6 cm³/mol. The van der Waals surface area contributed by atoms with Gasteiger partial charge >= 0.3 is 0 Å². The van der Waals surface area contributed by atoms with Crippen LogP contribution in [0.3, 0.4) is 0 Å². The van der Waals surface area contributed by atoms with Crippen molar-refractivity contribution >= 4 is 28.9 Å². The summed E-state index contributed by atoms with van der Waals surface area (Å²) in [6.07, 6.45) is 1.45. The fourth-order valence-corrected chi connectivity index (χ4v) is 2.50. The van der Waals surface area contributed by atoms with Gasteiger partial charge in [-0.15, -0.1) is 0 Å². The third kappa shape index (κ3) is 2.56. The Morgan fingerprint density at radius 2 is 2.05 bits per heavy atom. The van der Waals surface area contributed by atoms with Gasteiger partial charge in [0.1, 0.15) is 11.0 Å². The normalized spacial score (nSPS) is 14.0. The van der Waals surface area contributed by atoms with Crippen molar-refractivity contribution in [3.05, 3.63) is 53.1 Å². The number of rotatable bonds is 1. The van der Waals surface area contributed by atoms with Crippen LogP contribution < -0.4 is 9.80 Å². The number of hydrogen-bond acceptors (Lipinski definition) is 3. The van der Waals surface area contributed by atoms with Gasteiger partial charge in [-0.3, -0.25) is 4.79 Å². The second-order valence-electron chi connectivity index (χ2n) is 4.88. The van der Waals surface area contributed by atoms with E-state index in [1.54, 1.807) is 23.1 Å².